The molecule has 3 heterocycles. The third kappa shape index (κ3) is 5.22. The second kappa shape index (κ2) is 9.94. The van der Waals surface area contributed by atoms with Crippen LogP contribution in [0.4, 0.5) is 23.8 Å². The van der Waals surface area contributed by atoms with Gasteiger partial charge in [0.1, 0.15) is 5.82 Å². The third-order valence-corrected chi connectivity index (χ3v) is 5.15. The summed E-state index contributed by atoms with van der Waals surface area (Å²) in [6.45, 7) is 2.12. The number of nitrogens with zero attached hydrogens (tertiary/aromatic N) is 4. The van der Waals surface area contributed by atoms with Gasteiger partial charge in [-0.25, -0.2) is 14.5 Å². The average molecular weight is 498 g/mol. The standard InChI is InChI=1S/C24H21F3N6O3/c1-3-29-23(35)31-22-10-18(33-7-6-21(32-33)24(25,26)27)17(13-30-22)16-8-15(11-28-12-16)14-4-5-19(34)20(9-14)36-2/h4-13,34H,3H2,1-2H3,(H2,29,30,31,35). The number of phenols is 1. The van der Waals surface area contributed by atoms with Crippen molar-refractivity contribution in [2.24, 2.45) is 0 Å². The summed E-state index contributed by atoms with van der Waals surface area (Å²) >= 11 is 0. The minimum absolute atomic E-state index is 0.0220. The number of halogens is 3. The van der Waals surface area contributed by atoms with Crippen LogP contribution in [0.3, 0.4) is 0 Å². The van der Waals surface area contributed by atoms with Crippen molar-refractivity contribution in [3.8, 4) is 39.4 Å². The lowest BCUT2D eigenvalue weighted by Gasteiger charge is -2.14. The number of urea groups is 1. The molecule has 4 aromatic rings. The van der Waals surface area contributed by atoms with Crippen LogP contribution in [0.15, 0.2) is 61.2 Å². The SMILES string of the molecule is CCNC(=O)Nc1cc(-n2ccc(C(F)(F)F)n2)c(-c2cncc(-c3ccc(O)c(OC)c3)c2)cn1. The number of hydrogen-bond donors (Lipinski definition) is 3. The number of carbonyl (C=O) groups excluding carboxylic acids is 1. The largest absolute Gasteiger partial charge is 0.504 e. The molecule has 0 saturated carbocycles. The minimum Gasteiger partial charge on any atom is -0.504 e. The number of nitrogens with one attached hydrogen (secondary N) is 2. The zero-order valence-electron chi connectivity index (χ0n) is 19.2. The van der Waals surface area contributed by atoms with Crippen molar-refractivity contribution >= 4 is 11.8 Å². The molecule has 0 radical (unpaired) electrons. The summed E-state index contributed by atoms with van der Waals surface area (Å²) in [5, 5.41) is 18.7. The first-order chi connectivity index (χ1) is 17.2. The predicted molar refractivity (Wildman–Crippen MR) is 126 cm³/mol. The zero-order chi connectivity index (χ0) is 25.9. The number of carbonyl (C=O) groups is 1. The second-order valence-corrected chi connectivity index (χ2v) is 7.56. The summed E-state index contributed by atoms with van der Waals surface area (Å²) in [5.74, 6) is 0.375. The highest BCUT2D eigenvalue weighted by Gasteiger charge is 2.34. The fraction of sp³-hybridized carbons (Fsp3) is 0.167. The van der Waals surface area contributed by atoms with Gasteiger partial charge in [0.2, 0.25) is 0 Å². The Morgan fingerprint density at radius 2 is 1.86 bits per heavy atom. The van der Waals surface area contributed by atoms with Gasteiger partial charge < -0.3 is 15.2 Å². The van der Waals surface area contributed by atoms with E-state index in [1.807, 2.05) is 0 Å². The van der Waals surface area contributed by atoms with Crippen LogP contribution in [0.25, 0.3) is 27.9 Å². The first-order valence-corrected chi connectivity index (χ1v) is 10.7. The Morgan fingerprint density at radius 3 is 2.56 bits per heavy atom. The number of methoxy groups -OCH3 is 1. The van der Waals surface area contributed by atoms with Crippen LogP contribution in [-0.2, 0) is 6.18 Å². The molecule has 0 atom stereocenters. The number of ether oxygens (including phenoxy) is 1. The summed E-state index contributed by atoms with van der Waals surface area (Å²) in [6, 6.07) is 8.34. The number of amides is 2. The van der Waals surface area contributed by atoms with E-state index >= 15 is 0 Å². The van der Waals surface area contributed by atoms with Crippen molar-refractivity contribution in [1.82, 2.24) is 25.1 Å². The molecule has 0 saturated heterocycles. The number of anilines is 1. The molecule has 12 heteroatoms. The van der Waals surface area contributed by atoms with Gasteiger partial charge in [-0.05, 0) is 36.8 Å². The number of hydrogen-bond acceptors (Lipinski definition) is 6. The number of alkyl halides is 3. The monoisotopic (exact) mass is 498 g/mol. The van der Waals surface area contributed by atoms with Crippen molar-refractivity contribution < 1.29 is 27.8 Å². The lowest BCUT2D eigenvalue weighted by Crippen LogP contribution is -2.28. The smallest absolute Gasteiger partial charge is 0.435 e. The summed E-state index contributed by atoms with van der Waals surface area (Å²) < 4.78 is 45.9. The third-order valence-electron chi connectivity index (χ3n) is 5.15. The van der Waals surface area contributed by atoms with E-state index in [0.29, 0.717) is 28.8 Å². The highest BCUT2D eigenvalue weighted by molar-refractivity contribution is 5.89. The van der Waals surface area contributed by atoms with Crippen molar-refractivity contribution in [3.63, 3.8) is 0 Å². The number of benzene rings is 1. The Morgan fingerprint density at radius 1 is 1.08 bits per heavy atom. The fourth-order valence-corrected chi connectivity index (χ4v) is 3.46. The molecule has 4 rings (SSSR count). The predicted octanol–water partition coefficient (Wildman–Crippen LogP) is 4.87. The quantitative estimate of drug-likeness (QED) is 0.350. The van der Waals surface area contributed by atoms with E-state index in [0.717, 1.165) is 10.7 Å². The number of aromatic nitrogens is 4. The first-order valence-electron chi connectivity index (χ1n) is 10.7. The molecule has 1 aromatic carbocycles. The van der Waals surface area contributed by atoms with Gasteiger partial charge >= 0.3 is 12.2 Å². The van der Waals surface area contributed by atoms with E-state index in [-0.39, 0.29) is 23.0 Å². The number of aromatic hydroxyl groups is 1. The molecule has 0 spiro atoms. The number of phenolic OH excluding ortho intramolecular Hbond substituents is 1. The van der Waals surface area contributed by atoms with Crippen LogP contribution >= 0.6 is 0 Å². The molecule has 0 fully saturated rings. The van der Waals surface area contributed by atoms with Gasteiger partial charge in [0, 0.05) is 54.1 Å². The van der Waals surface area contributed by atoms with Gasteiger partial charge in [-0.1, -0.05) is 6.07 Å². The Labute approximate surface area is 203 Å². The molecule has 0 aliphatic rings. The van der Waals surface area contributed by atoms with Crippen molar-refractivity contribution in [3.05, 3.63) is 66.9 Å². The van der Waals surface area contributed by atoms with Crippen LogP contribution in [0, 0.1) is 0 Å². The normalized spacial score (nSPS) is 11.2. The molecule has 2 amide bonds. The Bertz CT molecular complexity index is 1400. The summed E-state index contributed by atoms with van der Waals surface area (Å²) in [4.78, 5) is 20.5. The van der Waals surface area contributed by atoms with Gasteiger partial charge in [0.05, 0.1) is 12.8 Å². The number of pyridine rings is 2. The van der Waals surface area contributed by atoms with Crippen LogP contribution in [0.5, 0.6) is 11.5 Å². The van der Waals surface area contributed by atoms with Crippen molar-refractivity contribution in [1.29, 1.82) is 0 Å². The minimum atomic E-state index is -4.63. The summed E-state index contributed by atoms with van der Waals surface area (Å²) in [5.41, 5.74) is 1.50. The maximum atomic E-state index is 13.2. The van der Waals surface area contributed by atoms with Crippen LogP contribution in [0.2, 0.25) is 0 Å². The molecule has 186 valence electrons. The zero-order valence-corrected chi connectivity index (χ0v) is 19.2. The van der Waals surface area contributed by atoms with Gasteiger partial charge in [-0.15, -0.1) is 0 Å². The van der Waals surface area contributed by atoms with Gasteiger partial charge in [-0.3, -0.25) is 10.3 Å². The van der Waals surface area contributed by atoms with Crippen molar-refractivity contribution in [2.45, 2.75) is 13.1 Å². The van der Waals surface area contributed by atoms with Crippen LogP contribution < -0.4 is 15.4 Å². The maximum absolute atomic E-state index is 13.2. The van der Waals surface area contributed by atoms with Gasteiger partial charge in [0.25, 0.3) is 0 Å². The Kier molecular flexibility index (Phi) is 6.77. The summed E-state index contributed by atoms with van der Waals surface area (Å²) in [6.07, 6.45) is 1.11. The maximum Gasteiger partial charge on any atom is 0.435 e. The Hall–Kier alpha value is -4.61. The first kappa shape index (κ1) is 24.5. The van der Waals surface area contributed by atoms with Crippen LogP contribution in [-0.4, -0.2) is 44.5 Å². The molecular weight excluding hydrogens is 477 g/mol. The van der Waals surface area contributed by atoms with E-state index < -0.39 is 17.9 Å². The van der Waals surface area contributed by atoms with E-state index in [1.54, 1.807) is 31.3 Å². The number of rotatable bonds is 6. The fourth-order valence-electron chi connectivity index (χ4n) is 3.46. The lowest BCUT2D eigenvalue weighted by molar-refractivity contribution is -0.141. The average Bonchev–Trinajstić information content (AvgIpc) is 3.36. The van der Waals surface area contributed by atoms with Gasteiger partial charge in [-0.2, -0.15) is 18.3 Å². The molecule has 0 unspecified atom stereocenters. The van der Waals surface area contributed by atoms with E-state index in [1.165, 1.54) is 37.8 Å². The molecule has 0 aliphatic carbocycles. The molecule has 0 aliphatic heterocycles. The molecule has 3 aromatic heterocycles. The van der Waals surface area contributed by atoms with Crippen LogP contribution in [0.1, 0.15) is 12.6 Å². The molecule has 3 N–H and O–H groups in total. The van der Waals surface area contributed by atoms with Crippen molar-refractivity contribution in [2.75, 3.05) is 19.0 Å². The molecule has 0 bridgehead atoms. The second-order valence-electron chi connectivity index (χ2n) is 7.56. The lowest BCUT2D eigenvalue weighted by atomic mass is 10.0. The van der Waals surface area contributed by atoms with E-state index in [9.17, 15) is 23.1 Å². The molecular formula is C24H21F3N6O3. The summed E-state index contributed by atoms with van der Waals surface area (Å²) in [7, 11) is 1.43. The highest BCUT2D eigenvalue weighted by atomic mass is 19.4. The molecule has 36 heavy (non-hydrogen) atoms. The van der Waals surface area contributed by atoms with Gasteiger partial charge in [0.15, 0.2) is 17.2 Å². The Balaban J connectivity index is 1.81. The highest BCUT2D eigenvalue weighted by Crippen LogP contribution is 2.35. The topological polar surface area (TPSA) is 114 Å². The molecule has 9 nitrogen and oxygen atoms in total. The van der Waals surface area contributed by atoms with E-state index in [2.05, 4.69) is 25.7 Å². The van der Waals surface area contributed by atoms with E-state index in [4.69, 9.17) is 4.74 Å².